The number of phenols is 2. The molecule has 0 saturated heterocycles. The van der Waals surface area contributed by atoms with E-state index in [1.54, 1.807) is 24.3 Å². The summed E-state index contributed by atoms with van der Waals surface area (Å²) >= 11 is 0. The molecule has 4 aromatic rings. The van der Waals surface area contributed by atoms with Crippen LogP contribution in [-0.2, 0) is 16.2 Å². The molecule has 0 amide bonds. The standard InChI is InChI=1S/C35H40O2/c1-33(2,3)31-27(23-15-19-25(36)20-16-23)11-9-13-29(31)35(7,8)30-14-10-12-28(32(30)34(4,5)6)24-17-21-26(37)22-18-24/h9-22,36-37H,1-8H3. The SMILES string of the molecule is CC(C)(C)c1c(-c2ccc(O)cc2)cccc1C(C)(C)c1cccc(-c2ccc(O)cc2)c1C(C)(C)C. The van der Waals surface area contributed by atoms with E-state index in [9.17, 15) is 10.2 Å². The second-order valence-electron chi connectivity index (χ2n) is 12.7. The smallest absolute Gasteiger partial charge is 0.115 e. The molecule has 0 aliphatic carbocycles. The van der Waals surface area contributed by atoms with Crippen LogP contribution in [0.1, 0.15) is 77.6 Å². The summed E-state index contributed by atoms with van der Waals surface area (Å²) in [6.45, 7) is 18.4. The van der Waals surface area contributed by atoms with Crippen LogP contribution in [0.4, 0.5) is 0 Å². The maximum atomic E-state index is 9.89. The first-order valence-electron chi connectivity index (χ1n) is 13.1. The zero-order valence-corrected chi connectivity index (χ0v) is 23.5. The Hall–Kier alpha value is -3.52. The lowest BCUT2D eigenvalue weighted by Gasteiger charge is -2.39. The van der Waals surface area contributed by atoms with Crippen molar-refractivity contribution < 1.29 is 10.2 Å². The third-order valence-corrected chi connectivity index (χ3v) is 7.33. The van der Waals surface area contributed by atoms with Gasteiger partial charge in [0, 0.05) is 5.41 Å². The highest BCUT2D eigenvalue weighted by molar-refractivity contribution is 5.75. The van der Waals surface area contributed by atoms with Gasteiger partial charge in [0.1, 0.15) is 11.5 Å². The van der Waals surface area contributed by atoms with Crippen molar-refractivity contribution in [3.8, 4) is 33.8 Å². The van der Waals surface area contributed by atoms with Gasteiger partial charge in [0.15, 0.2) is 0 Å². The molecule has 0 saturated carbocycles. The van der Waals surface area contributed by atoms with Crippen LogP contribution in [0.3, 0.4) is 0 Å². The normalized spacial score (nSPS) is 12.5. The molecule has 2 nitrogen and oxygen atoms in total. The van der Waals surface area contributed by atoms with Gasteiger partial charge in [0.05, 0.1) is 0 Å². The molecule has 0 radical (unpaired) electrons. The Kier molecular flexibility index (Phi) is 6.75. The van der Waals surface area contributed by atoms with Gasteiger partial charge >= 0.3 is 0 Å². The van der Waals surface area contributed by atoms with E-state index in [4.69, 9.17) is 0 Å². The minimum Gasteiger partial charge on any atom is -0.508 e. The summed E-state index contributed by atoms with van der Waals surface area (Å²) in [6, 6.07) is 28.3. The molecule has 0 aliphatic heterocycles. The van der Waals surface area contributed by atoms with Crippen LogP contribution in [0.25, 0.3) is 22.3 Å². The predicted octanol–water partition coefficient (Wildman–Crippen LogP) is 9.35. The molecule has 0 bridgehead atoms. The van der Waals surface area contributed by atoms with Crippen molar-refractivity contribution in [2.45, 2.75) is 71.6 Å². The van der Waals surface area contributed by atoms with Gasteiger partial charge < -0.3 is 10.2 Å². The molecule has 0 heterocycles. The van der Waals surface area contributed by atoms with E-state index in [0.717, 1.165) is 11.1 Å². The topological polar surface area (TPSA) is 40.5 Å². The number of rotatable bonds is 4. The van der Waals surface area contributed by atoms with Gasteiger partial charge in [-0.3, -0.25) is 0 Å². The maximum Gasteiger partial charge on any atom is 0.115 e. The molecule has 0 spiro atoms. The quantitative estimate of drug-likeness (QED) is 0.298. The first kappa shape index (κ1) is 26.5. The minimum absolute atomic E-state index is 0.0997. The zero-order valence-electron chi connectivity index (χ0n) is 23.5. The summed E-state index contributed by atoms with van der Waals surface area (Å²) < 4.78 is 0. The van der Waals surface area contributed by atoms with E-state index < -0.39 is 0 Å². The number of aromatic hydroxyl groups is 2. The van der Waals surface area contributed by atoms with Crippen molar-refractivity contribution in [3.63, 3.8) is 0 Å². The van der Waals surface area contributed by atoms with E-state index in [0.29, 0.717) is 0 Å². The van der Waals surface area contributed by atoms with Crippen molar-refractivity contribution in [2.75, 3.05) is 0 Å². The van der Waals surface area contributed by atoms with Crippen molar-refractivity contribution >= 4 is 0 Å². The molecule has 0 aromatic heterocycles. The van der Waals surface area contributed by atoms with E-state index in [-0.39, 0.29) is 27.7 Å². The number of benzene rings is 4. The predicted molar refractivity (Wildman–Crippen MR) is 157 cm³/mol. The molecule has 4 aromatic carbocycles. The van der Waals surface area contributed by atoms with Crippen LogP contribution < -0.4 is 0 Å². The Labute approximate surface area is 222 Å². The number of hydrogen-bond donors (Lipinski definition) is 2. The molecule has 37 heavy (non-hydrogen) atoms. The van der Waals surface area contributed by atoms with Crippen LogP contribution in [0.5, 0.6) is 11.5 Å². The summed E-state index contributed by atoms with van der Waals surface area (Å²) in [4.78, 5) is 0. The fourth-order valence-corrected chi connectivity index (χ4v) is 5.67. The molecular formula is C35H40O2. The van der Waals surface area contributed by atoms with E-state index in [1.807, 2.05) is 24.3 Å². The summed E-state index contributed by atoms with van der Waals surface area (Å²) in [6.07, 6.45) is 0. The van der Waals surface area contributed by atoms with E-state index >= 15 is 0 Å². The number of hydrogen-bond acceptors (Lipinski definition) is 2. The highest BCUT2D eigenvalue weighted by Gasteiger charge is 2.36. The van der Waals surface area contributed by atoms with Gasteiger partial charge in [-0.05, 0) is 79.6 Å². The Morgan fingerprint density at radius 3 is 1.05 bits per heavy atom. The highest BCUT2D eigenvalue weighted by atomic mass is 16.3. The molecule has 0 atom stereocenters. The van der Waals surface area contributed by atoms with Gasteiger partial charge in [-0.25, -0.2) is 0 Å². The molecule has 192 valence electrons. The summed E-state index contributed by atoms with van der Waals surface area (Å²) in [7, 11) is 0. The molecule has 0 unspecified atom stereocenters. The van der Waals surface area contributed by atoms with Crippen LogP contribution in [-0.4, -0.2) is 10.2 Å². The van der Waals surface area contributed by atoms with Crippen molar-refractivity contribution in [2.24, 2.45) is 0 Å². The third kappa shape index (κ3) is 5.16. The fourth-order valence-electron chi connectivity index (χ4n) is 5.67. The zero-order chi connectivity index (χ0) is 27.2. The molecular weight excluding hydrogens is 452 g/mol. The lowest BCUT2D eigenvalue weighted by atomic mass is 9.65. The lowest BCUT2D eigenvalue weighted by Crippen LogP contribution is -2.30. The number of phenolic OH excluding ortho intramolecular Hbond substituents is 2. The second-order valence-corrected chi connectivity index (χ2v) is 12.7. The van der Waals surface area contributed by atoms with Gasteiger partial charge in [-0.15, -0.1) is 0 Å². The minimum atomic E-state index is -0.287. The van der Waals surface area contributed by atoms with Gasteiger partial charge in [0.25, 0.3) is 0 Å². The molecule has 2 N–H and O–H groups in total. The molecule has 0 fully saturated rings. The Balaban J connectivity index is 2.02. The first-order valence-corrected chi connectivity index (χ1v) is 13.1. The molecule has 2 heteroatoms. The first-order chi connectivity index (χ1) is 17.2. The lowest BCUT2D eigenvalue weighted by molar-refractivity contribution is 0.475. The summed E-state index contributed by atoms with van der Waals surface area (Å²) in [5, 5.41) is 19.8. The van der Waals surface area contributed by atoms with Crippen LogP contribution in [0.2, 0.25) is 0 Å². The van der Waals surface area contributed by atoms with Crippen molar-refractivity contribution in [1.29, 1.82) is 0 Å². The van der Waals surface area contributed by atoms with Crippen LogP contribution >= 0.6 is 0 Å². The van der Waals surface area contributed by atoms with Gasteiger partial charge in [-0.2, -0.15) is 0 Å². The van der Waals surface area contributed by atoms with E-state index in [1.165, 1.54) is 33.4 Å². The average molecular weight is 493 g/mol. The van der Waals surface area contributed by atoms with Crippen LogP contribution in [0, 0.1) is 0 Å². The monoisotopic (exact) mass is 492 g/mol. The second kappa shape index (κ2) is 9.41. The Bertz CT molecular complexity index is 1290. The molecule has 4 rings (SSSR count). The Morgan fingerprint density at radius 2 is 0.757 bits per heavy atom. The van der Waals surface area contributed by atoms with Crippen LogP contribution in [0.15, 0.2) is 84.9 Å². The van der Waals surface area contributed by atoms with Crippen molar-refractivity contribution in [3.05, 3.63) is 107 Å². The fraction of sp³-hybridized carbons (Fsp3) is 0.314. The van der Waals surface area contributed by atoms with Gasteiger partial charge in [0.2, 0.25) is 0 Å². The summed E-state index contributed by atoms with van der Waals surface area (Å²) in [5.41, 5.74) is 9.37. The average Bonchev–Trinajstić information content (AvgIpc) is 2.83. The highest BCUT2D eigenvalue weighted by Crippen LogP contribution is 2.47. The molecule has 0 aliphatic rings. The third-order valence-electron chi connectivity index (χ3n) is 7.33. The van der Waals surface area contributed by atoms with Gasteiger partial charge in [-0.1, -0.05) is 116 Å². The summed E-state index contributed by atoms with van der Waals surface area (Å²) in [5.74, 6) is 0.553. The van der Waals surface area contributed by atoms with Crippen molar-refractivity contribution in [1.82, 2.24) is 0 Å². The largest absolute Gasteiger partial charge is 0.508 e. The van der Waals surface area contributed by atoms with E-state index in [2.05, 4.69) is 91.8 Å². The maximum absolute atomic E-state index is 9.89. The Morgan fingerprint density at radius 1 is 0.432 bits per heavy atom.